The van der Waals surface area contributed by atoms with Gasteiger partial charge in [-0.3, -0.25) is 4.90 Å². The lowest BCUT2D eigenvalue weighted by atomic mass is 10.2. The van der Waals surface area contributed by atoms with E-state index in [2.05, 4.69) is 10.2 Å². The van der Waals surface area contributed by atoms with Crippen molar-refractivity contribution < 1.29 is 9.90 Å². The van der Waals surface area contributed by atoms with Gasteiger partial charge in [0.25, 0.3) is 0 Å². The van der Waals surface area contributed by atoms with Crippen LogP contribution < -0.4 is 5.32 Å². The number of rotatable bonds is 6. The predicted molar refractivity (Wildman–Crippen MR) is 75.1 cm³/mol. The number of aliphatic hydroxyl groups is 1. The predicted octanol–water partition coefficient (Wildman–Crippen LogP) is 0.885. The second-order valence-electron chi connectivity index (χ2n) is 5.95. The number of hydrogen-bond acceptors (Lipinski definition) is 3. The largest absolute Gasteiger partial charge is 0.396 e. The van der Waals surface area contributed by atoms with Crippen LogP contribution in [-0.4, -0.2) is 66.3 Å². The first-order chi connectivity index (χ1) is 9.19. The van der Waals surface area contributed by atoms with Crippen LogP contribution in [0.4, 0.5) is 4.79 Å². The number of nitrogens with one attached hydrogen (secondary N) is 1. The topological polar surface area (TPSA) is 55.8 Å². The third-order valence-electron chi connectivity index (χ3n) is 4.04. The molecule has 19 heavy (non-hydrogen) atoms. The van der Waals surface area contributed by atoms with Crippen LogP contribution >= 0.6 is 0 Å². The third-order valence-corrected chi connectivity index (χ3v) is 4.04. The molecule has 2 rings (SSSR count). The zero-order chi connectivity index (χ0) is 13.7. The molecule has 1 atom stereocenters. The smallest absolute Gasteiger partial charge is 0.317 e. The number of carbonyl (C=O) groups excluding carboxylic acids is 1. The lowest BCUT2D eigenvalue weighted by Gasteiger charge is -2.35. The van der Waals surface area contributed by atoms with Crippen molar-refractivity contribution >= 4 is 6.03 Å². The number of carbonyl (C=O) groups is 1. The molecule has 0 bridgehead atoms. The molecule has 1 aliphatic carbocycles. The van der Waals surface area contributed by atoms with Gasteiger partial charge in [-0.1, -0.05) is 0 Å². The van der Waals surface area contributed by atoms with Crippen LogP contribution in [0.25, 0.3) is 0 Å². The van der Waals surface area contributed by atoms with Gasteiger partial charge in [-0.25, -0.2) is 4.79 Å². The highest BCUT2D eigenvalue weighted by molar-refractivity contribution is 5.74. The Labute approximate surface area is 115 Å². The minimum atomic E-state index is 0.0523. The summed E-state index contributed by atoms with van der Waals surface area (Å²) in [5.41, 5.74) is 0. The van der Waals surface area contributed by atoms with E-state index in [1.54, 1.807) is 0 Å². The molecule has 0 aromatic rings. The Morgan fingerprint density at radius 2 is 2.00 bits per heavy atom. The van der Waals surface area contributed by atoms with Crippen molar-refractivity contribution in [3.63, 3.8) is 0 Å². The quantitative estimate of drug-likeness (QED) is 0.753. The summed E-state index contributed by atoms with van der Waals surface area (Å²) in [5, 5.41) is 11.8. The molecule has 1 unspecified atom stereocenters. The van der Waals surface area contributed by atoms with Crippen molar-refractivity contribution in [2.24, 2.45) is 5.92 Å². The standard InChI is InChI=1S/C14H27N3O2/c1-12(3-2-10-18)15-14(19)17-8-6-16(7-9-17)11-13-4-5-13/h12-13,18H,2-11H2,1H3,(H,15,19). The molecule has 1 saturated carbocycles. The maximum atomic E-state index is 12.0. The Balaban J connectivity index is 1.63. The first kappa shape index (κ1) is 14.6. The molecule has 5 heteroatoms. The highest BCUT2D eigenvalue weighted by Gasteiger charge is 2.27. The molecule has 2 aliphatic rings. The summed E-state index contributed by atoms with van der Waals surface area (Å²) >= 11 is 0. The summed E-state index contributed by atoms with van der Waals surface area (Å²) in [6.45, 7) is 7.11. The van der Waals surface area contributed by atoms with E-state index in [0.29, 0.717) is 0 Å². The minimum absolute atomic E-state index is 0.0523. The molecule has 2 amide bonds. The van der Waals surface area contributed by atoms with Crippen LogP contribution in [-0.2, 0) is 0 Å². The van der Waals surface area contributed by atoms with Gasteiger partial charge in [0.2, 0.25) is 0 Å². The molecule has 0 radical (unpaired) electrons. The van der Waals surface area contributed by atoms with Crippen molar-refractivity contribution in [1.29, 1.82) is 0 Å². The van der Waals surface area contributed by atoms with Crippen molar-refractivity contribution in [2.45, 2.75) is 38.6 Å². The lowest BCUT2D eigenvalue weighted by Crippen LogP contribution is -2.53. The van der Waals surface area contributed by atoms with E-state index in [1.165, 1.54) is 19.4 Å². The molecule has 5 nitrogen and oxygen atoms in total. The lowest BCUT2D eigenvalue weighted by molar-refractivity contribution is 0.134. The van der Waals surface area contributed by atoms with E-state index in [1.807, 2.05) is 11.8 Å². The fourth-order valence-corrected chi connectivity index (χ4v) is 2.57. The molecular formula is C14H27N3O2. The molecule has 1 heterocycles. The number of piperazine rings is 1. The molecule has 1 saturated heterocycles. The Morgan fingerprint density at radius 1 is 1.32 bits per heavy atom. The van der Waals surface area contributed by atoms with Crippen LogP contribution in [0.1, 0.15) is 32.6 Å². The Morgan fingerprint density at radius 3 is 2.58 bits per heavy atom. The van der Waals surface area contributed by atoms with Gasteiger partial charge in [0.05, 0.1) is 0 Å². The van der Waals surface area contributed by atoms with Gasteiger partial charge in [0.1, 0.15) is 0 Å². The van der Waals surface area contributed by atoms with E-state index in [9.17, 15) is 4.79 Å². The normalized spacial score (nSPS) is 22.3. The van der Waals surface area contributed by atoms with E-state index in [0.717, 1.165) is 44.9 Å². The number of nitrogens with zero attached hydrogens (tertiary/aromatic N) is 2. The number of amides is 2. The van der Waals surface area contributed by atoms with Gasteiger partial charge in [-0.15, -0.1) is 0 Å². The fraction of sp³-hybridized carbons (Fsp3) is 0.929. The van der Waals surface area contributed by atoms with Gasteiger partial charge in [-0.2, -0.15) is 0 Å². The van der Waals surface area contributed by atoms with E-state index >= 15 is 0 Å². The molecule has 2 N–H and O–H groups in total. The average Bonchev–Trinajstić information content (AvgIpc) is 3.21. The zero-order valence-electron chi connectivity index (χ0n) is 12.0. The SMILES string of the molecule is CC(CCCO)NC(=O)N1CCN(CC2CC2)CC1. The fourth-order valence-electron chi connectivity index (χ4n) is 2.57. The minimum Gasteiger partial charge on any atom is -0.396 e. The second-order valence-corrected chi connectivity index (χ2v) is 5.95. The Kier molecular flexibility index (Phi) is 5.45. The summed E-state index contributed by atoms with van der Waals surface area (Å²) in [6, 6.07) is 0.195. The second kappa shape index (κ2) is 7.10. The van der Waals surface area contributed by atoms with Crippen LogP contribution in [0.3, 0.4) is 0 Å². The molecule has 2 fully saturated rings. The Bertz CT molecular complexity index is 286. The molecular weight excluding hydrogens is 242 g/mol. The average molecular weight is 269 g/mol. The van der Waals surface area contributed by atoms with Gasteiger partial charge in [0, 0.05) is 45.4 Å². The van der Waals surface area contributed by atoms with Gasteiger partial charge in [-0.05, 0) is 38.5 Å². The van der Waals surface area contributed by atoms with E-state index < -0.39 is 0 Å². The highest BCUT2D eigenvalue weighted by atomic mass is 16.3. The first-order valence-corrected chi connectivity index (χ1v) is 7.57. The van der Waals surface area contributed by atoms with Crippen molar-refractivity contribution in [2.75, 3.05) is 39.3 Å². The Hall–Kier alpha value is -0.810. The third kappa shape index (κ3) is 4.99. The van der Waals surface area contributed by atoms with Crippen LogP contribution in [0, 0.1) is 5.92 Å². The maximum Gasteiger partial charge on any atom is 0.317 e. The van der Waals surface area contributed by atoms with Crippen LogP contribution in [0.5, 0.6) is 0 Å². The van der Waals surface area contributed by atoms with Crippen LogP contribution in [0.2, 0.25) is 0 Å². The summed E-state index contributed by atoms with van der Waals surface area (Å²) in [7, 11) is 0. The first-order valence-electron chi connectivity index (χ1n) is 7.57. The van der Waals surface area contributed by atoms with Crippen LogP contribution in [0.15, 0.2) is 0 Å². The van der Waals surface area contributed by atoms with Crippen molar-refractivity contribution in [3.05, 3.63) is 0 Å². The molecule has 1 aliphatic heterocycles. The summed E-state index contributed by atoms with van der Waals surface area (Å²) in [6.07, 6.45) is 4.37. The summed E-state index contributed by atoms with van der Waals surface area (Å²) in [5.74, 6) is 0.930. The van der Waals surface area contributed by atoms with E-state index in [4.69, 9.17) is 5.11 Å². The van der Waals surface area contributed by atoms with Gasteiger partial charge < -0.3 is 15.3 Å². The number of urea groups is 1. The number of aliphatic hydroxyl groups excluding tert-OH is 1. The monoisotopic (exact) mass is 269 g/mol. The highest BCUT2D eigenvalue weighted by Crippen LogP contribution is 2.29. The van der Waals surface area contributed by atoms with Gasteiger partial charge >= 0.3 is 6.03 Å². The molecule has 0 spiro atoms. The molecule has 110 valence electrons. The molecule has 0 aromatic heterocycles. The number of hydrogen-bond donors (Lipinski definition) is 2. The van der Waals surface area contributed by atoms with E-state index in [-0.39, 0.29) is 18.7 Å². The molecule has 0 aromatic carbocycles. The summed E-state index contributed by atoms with van der Waals surface area (Å²) in [4.78, 5) is 16.4. The zero-order valence-corrected chi connectivity index (χ0v) is 12.0. The van der Waals surface area contributed by atoms with Gasteiger partial charge in [0.15, 0.2) is 0 Å². The maximum absolute atomic E-state index is 12.0. The van der Waals surface area contributed by atoms with Crippen molar-refractivity contribution in [1.82, 2.24) is 15.1 Å². The van der Waals surface area contributed by atoms with Crippen molar-refractivity contribution in [3.8, 4) is 0 Å². The summed E-state index contributed by atoms with van der Waals surface area (Å²) < 4.78 is 0.